The summed E-state index contributed by atoms with van der Waals surface area (Å²) < 4.78 is 43.1. The molecule has 1 fully saturated rings. The van der Waals surface area contributed by atoms with Crippen molar-refractivity contribution in [3.8, 4) is 12.8 Å². The summed E-state index contributed by atoms with van der Waals surface area (Å²) >= 11 is 0. The zero-order valence-corrected chi connectivity index (χ0v) is 22.0. The minimum absolute atomic E-state index is 0.0128. The van der Waals surface area contributed by atoms with Gasteiger partial charge >= 0.3 is 6.18 Å². The second kappa shape index (κ2) is 22.2. The van der Waals surface area contributed by atoms with Gasteiger partial charge in [-0.3, -0.25) is 9.78 Å². The van der Waals surface area contributed by atoms with Crippen molar-refractivity contribution >= 4 is 11.8 Å². The predicted octanol–water partition coefficient (Wildman–Crippen LogP) is 5.43. The highest BCUT2D eigenvalue weighted by Crippen LogP contribution is 2.27. The molecule has 0 unspecified atom stereocenters. The molecule has 1 N–H and O–H groups in total. The maximum absolute atomic E-state index is 12.7. The number of aromatic nitrogens is 1. The number of piperidine rings is 1. The number of carbonyl (C=O) groups is 1. The number of aliphatic imine (C=N–C) groups is 1. The third-order valence-corrected chi connectivity index (χ3v) is 4.29. The molecule has 196 valence electrons. The van der Waals surface area contributed by atoms with Gasteiger partial charge in [-0.05, 0) is 50.7 Å². The van der Waals surface area contributed by atoms with Gasteiger partial charge in [0.15, 0.2) is 0 Å². The van der Waals surface area contributed by atoms with Crippen LogP contribution in [-0.4, -0.2) is 55.5 Å². The van der Waals surface area contributed by atoms with E-state index in [1.54, 1.807) is 0 Å². The number of terminal acetylenes is 1. The first-order valence-electron chi connectivity index (χ1n) is 11.7. The van der Waals surface area contributed by atoms with Crippen LogP contribution in [0.1, 0.15) is 65.6 Å². The van der Waals surface area contributed by atoms with Gasteiger partial charge in [0.05, 0.1) is 20.2 Å². The predicted molar refractivity (Wildman–Crippen MR) is 135 cm³/mol. The molecule has 1 aliphatic rings. The molecular weight excluding hydrogens is 445 g/mol. The van der Waals surface area contributed by atoms with Crippen molar-refractivity contribution in [1.82, 2.24) is 15.2 Å². The number of alkyl halides is 3. The van der Waals surface area contributed by atoms with Gasteiger partial charge in [0.25, 0.3) is 0 Å². The van der Waals surface area contributed by atoms with Gasteiger partial charge in [-0.1, -0.05) is 41.5 Å². The van der Waals surface area contributed by atoms with E-state index in [1.807, 2.05) is 48.6 Å². The third-order valence-electron chi connectivity index (χ3n) is 4.29. The molecule has 0 radical (unpaired) electrons. The molecular formula is C25H43F3N4O2. The first-order chi connectivity index (χ1) is 16.3. The topological polar surface area (TPSA) is 66.8 Å². The van der Waals surface area contributed by atoms with Crippen molar-refractivity contribution in [1.29, 1.82) is 0 Å². The van der Waals surface area contributed by atoms with Crippen LogP contribution >= 0.6 is 0 Å². The zero-order valence-electron chi connectivity index (χ0n) is 22.0. The Morgan fingerprint density at radius 3 is 2.18 bits per heavy atom. The number of nitrogens with one attached hydrogen (secondary N) is 1. The van der Waals surface area contributed by atoms with E-state index >= 15 is 0 Å². The highest BCUT2D eigenvalue weighted by Gasteiger charge is 2.32. The van der Waals surface area contributed by atoms with E-state index in [-0.39, 0.29) is 30.8 Å². The van der Waals surface area contributed by atoms with E-state index in [4.69, 9.17) is 4.74 Å². The van der Waals surface area contributed by atoms with Gasteiger partial charge in [-0.15, -0.1) is 12.8 Å². The van der Waals surface area contributed by atoms with Crippen molar-refractivity contribution in [3.05, 3.63) is 29.6 Å². The molecule has 1 aromatic rings. The number of carbonyl (C=O) groups excluding carboxylic acids is 1. The number of hydrogen-bond acceptors (Lipinski definition) is 5. The largest absolute Gasteiger partial charge is 0.483 e. The van der Waals surface area contributed by atoms with Crippen molar-refractivity contribution in [2.75, 3.05) is 33.8 Å². The number of hydrogen-bond donors (Lipinski definition) is 1. The molecule has 34 heavy (non-hydrogen) atoms. The van der Waals surface area contributed by atoms with Gasteiger partial charge in [0, 0.05) is 12.1 Å². The van der Waals surface area contributed by atoms with Crippen LogP contribution in [-0.2, 0) is 22.3 Å². The van der Waals surface area contributed by atoms with Crippen LogP contribution in [0.3, 0.4) is 0 Å². The average molecular weight is 489 g/mol. The molecule has 2 heterocycles. The van der Waals surface area contributed by atoms with Crippen LogP contribution in [0.5, 0.6) is 0 Å². The first kappa shape index (κ1) is 36.0. The second-order valence-corrected chi connectivity index (χ2v) is 6.26. The Hall–Kier alpha value is -2.60. The SMILES string of the molecule is C#C.CC.CC.CC.COC(CNC(=O)C1CCN(C)CC1)=NCc1ccnc(C(F)(F)F)c1. The number of rotatable bonds is 5. The van der Waals surface area contributed by atoms with E-state index in [0.29, 0.717) is 5.56 Å². The summed E-state index contributed by atoms with van der Waals surface area (Å²) in [7, 11) is 3.43. The summed E-state index contributed by atoms with van der Waals surface area (Å²) in [6.07, 6.45) is 6.21. The molecule has 0 saturated carbocycles. The molecule has 1 saturated heterocycles. The van der Waals surface area contributed by atoms with E-state index in [1.165, 1.54) is 13.2 Å². The van der Waals surface area contributed by atoms with Crippen LogP contribution in [0.25, 0.3) is 0 Å². The van der Waals surface area contributed by atoms with E-state index in [9.17, 15) is 18.0 Å². The molecule has 6 nitrogen and oxygen atoms in total. The van der Waals surface area contributed by atoms with Gasteiger partial charge in [-0.25, -0.2) is 4.99 Å². The molecule has 2 rings (SSSR count). The number of ether oxygens (including phenoxy) is 1. The lowest BCUT2D eigenvalue weighted by Gasteiger charge is -2.28. The summed E-state index contributed by atoms with van der Waals surface area (Å²) in [5.41, 5.74) is -0.594. The Bertz CT molecular complexity index is 684. The maximum Gasteiger partial charge on any atom is 0.433 e. The van der Waals surface area contributed by atoms with Crippen molar-refractivity contribution < 1.29 is 22.7 Å². The van der Waals surface area contributed by atoms with Crippen LogP contribution in [0.4, 0.5) is 13.2 Å². The minimum Gasteiger partial charge on any atom is -0.483 e. The fourth-order valence-corrected chi connectivity index (χ4v) is 2.68. The standard InChI is InChI=1S/C17H23F3N4O2.3C2H6.C2H2/c1-24-7-4-13(5-8-24)16(25)23-11-15(26-2)22-10-12-3-6-21-14(9-12)17(18,19)20;4*1-2/h3,6,9,13H,4-5,7-8,10-11H2,1-2H3,(H,23,25);3*1-2H3;1-2H. The Morgan fingerprint density at radius 2 is 1.71 bits per heavy atom. The van der Waals surface area contributed by atoms with E-state index < -0.39 is 11.9 Å². The van der Waals surface area contributed by atoms with Crippen molar-refractivity contribution in [3.63, 3.8) is 0 Å². The average Bonchev–Trinajstić information content (AvgIpc) is 2.89. The van der Waals surface area contributed by atoms with Gasteiger partial charge in [-0.2, -0.15) is 13.2 Å². The van der Waals surface area contributed by atoms with E-state index in [2.05, 4.69) is 33.0 Å². The maximum atomic E-state index is 12.7. The molecule has 0 atom stereocenters. The lowest BCUT2D eigenvalue weighted by Crippen LogP contribution is -2.40. The normalized spacial score (nSPS) is 13.7. The molecule has 0 bridgehead atoms. The summed E-state index contributed by atoms with van der Waals surface area (Å²) in [6.45, 7) is 13.9. The fraction of sp³-hybridized carbons (Fsp3) is 0.640. The molecule has 0 aliphatic carbocycles. The number of likely N-dealkylation sites (tertiary alicyclic amines) is 1. The minimum atomic E-state index is -4.49. The molecule has 0 aromatic carbocycles. The third kappa shape index (κ3) is 15.3. The van der Waals surface area contributed by atoms with Crippen LogP contribution in [0, 0.1) is 18.8 Å². The number of amides is 1. The van der Waals surface area contributed by atoms with E-state index in [0.717, 1.165) is 38.2 Å². The molecule has 0 spiro atoms. The van der Waals surface area contributed by atoms with Crippen LogP contribution in [0.2, 0.25) is 0 Å². The van der Waals surface area contributed by atoms with Crippen LogP contribution in [0.15, 0.2) is 23.3 Å². The summed E-state index contributed by atoms with van der Waals surface area (Å²) in [5, 5.41) is 2.78. The first-order valence-corrected chi connectivity index (χ1v) is 11.7. The Balaban J connectivity index is -0.00000108. The zero-order chi connectivity index (χ0) is 27.2. The number of methoxy groups -OCH3 is 1. The molecule has 1 aliphatic heterocycles. The Morgan fingerprint density at radius 1 is 1.18 bits per heavy atom. The van der Waals surface area contributed by atoms with Crippen molar-refractivity contribution in [2.24, 2.45) is 10.9 Å². The van der Waals surface area contributed by atoms with Gasteiger partial charge < -0.3 is 15.0 Å². The number of pyridine rings is 1. The smallest absolute Gasteiger partial charge is 0.433 e. The van der Waals surface area contributed by atoms with Gasteiger partial charge in [0.2, 0.25) is 11.8 Å². The summed E-state index contributed by atoms with van der Waals surface area (Å²) in [5.74, 6) is 0.182. The number of nitrogens with zero attached hydrogens (tertiary/aromatic N) is 3. The van der Waals surface area contributed by atoms with Crippen molar-refractivity contribution in [2.45, 2.75) is 67.1 Å². The monoisotopic (exact) mass is 488 g/mol. The lowest BCUT2D eigenvalue weighted by molar-refractivity contribution is -0.141. The summed E-state index contributed by atoms with van der Waals surface area (Å²) in [6, 6.07) is 2.41. The number of halogens is 3. The Kier molecular flexibility index (Phi) is 23.5. The quantitative estimate of drug-likeness (QED) is 0.341. The van der Waals surface area contributed by atoms with Gasteiger partial charge in [0.1, 0.15) is 5.69 Å². The summed E-state index contributed by atoms with van der Waals surface area (Å²) in [4.78, 5) is 21.8. The highest BCUT2D eigenvalue weighted by atomic mass is 19.4. The second-order valence-electron chi connectivity index (χ2n) is 6.26. The molecule has 9 heteroatoms. The lowest BCUT2D eigenvalue weighted by atomic mass is 9.96. The fourth-order valence-electron chi connectivity index (χ4n) is 2.68. The molecule has 1 amide bonds. The Labute approximate surface area is 204 Å². The van der Waals surface area contributed by atoms with Crippen LogP contribution < -0.4 is 5.32 Å². The highest BCUT2D eigenvalue weighted by molar-refractivity contribution is 5.85. The molecule has 1 aromatic heterocycles.